The SMILES string of the molecule is CCOC(=O)c1c(-c2ccccc2)c(C)n(C(=O)OC(C)(C)C)c1C. The number of ether oxygens (including phenoxy) is 2. The van der Waals surface area contributed by atoms with Crippen LogP contribution in [0, 0.1) is 13.8 Å². The maximum atomic E-state index is 12.7. The number of hydrogen-bond donors (Lipinski definition) is 0. The third-order valence-electron chi connectivity index (χ3n) is 3.76. The largest absolute Gasteiger partial charge is 0.462 e. The Labute approximate surface area is 148 Å². The van der Waals surface area contributed by atoms with Gasteiger partial charge in [-0.1, -0.05) is 30.3 Å². The summed E-state index contributed by atoms with van der Waals surface area (Å²) in [5.41, 5.74) is 2.49. The molecule has 0 atom stereocenters. The van der Waals surface area contributed by atoms with Crippen LogP contribution in [-0.4, -0.2) is 28.8 Å². The predicted octanol–water partition coefficient (Wildman–Crippen LogP) is 4.73. The van der Waals surface area contributed by atoms with Crippen molar-refractivity contribution < 1.29 is 19.1 Å². The molecule has 2 aromatic rings. The third-order valence-corrected chi connectivity index (χ3v) is 3.76. The van der Waals surface area contributed by atoms with Crippen molar-refractivity contribution in [2.24, 2.45) is 0 Å². The van der Waals surface area contributed by atoms with E-state index >= 15 is 0 Å². The number of carbonyl (C=O) groups excluding carboxylic acids is 2. The lowest BCUT2D eigenvalue weighted by molar-refractivity contribution is 0.0524. The first-order valence-electron chi connectivity index (χ1n) is 8.35. The molecule has 1 aromatic heterocycles. The van der Waals surface area contributed by atoms with Gasteiger partial charge in [-0.15, -0.1) is 0 Å². The van der Waals surface area contributed by atoms with Gasteiger partial charge in [0.2, 0.25) is 0 Å². The summed E-state index contributed by atoms with van der Waals surface area (Å²) in [5.74, 6) is -0.440. The number of benzene rings is 1. The van der Waals surface area contributed by atoms with E-state index in [-0.39, 0.29) is 6.61 Å². The highest BCUT2D eigenvalue weighted by Gasteiger charge is 2.29. The number of hydrogen-bond acceptors (Lipinski definition) is 4. The lowest BCUT2D eigenvalue weighted by Crippen LogP contribution is -2.28. The van der Waals surface area contributed by atoms with E-state index in [1.54, 1.807) is 13.8 Å². The number of aromatic nitrogens is 1. The minimum absolute atomic E-state index is 0.267. The van der Waals surface area contributed by atoms with Gasteiger partial charge in [0.05, 0.1) is 12.2 Å². The van der Waals surface area contributed by atoms with Crippen LogP contribution in [0.3, 0.4) is 0 Å². The molecule has 0 aliphatic heterocycles. The fraction of sp³-hybridized carbons (Fsp3) is 0.400. The minimum atomic E-state index is -0.628. The van der Waals surface area contributed by atoms with Gasteiger partial charge in [-0.3, -0.25) is 4.57 Å². The third kappa shape index (κ3) is 3.92. The van der Waals surface area contributed by atoms with E-state index < -0.39 is 17.7 Å². The first kappa shape index (κ1) is 18.8. The smallest absolute Gasteiger partial charge is 0.418 e. The Balaban J connectivity index is 2.68. The molecule has 0 N–H and O–H groups in total. The Kier molecular flexibility index (Phi) is 5.36. The second-order valence-corrected chi connectivity index (χ2v) is 6.82. The molecule has 0 saturated heterocycles. The Bertz CT molecular complexity index is 782. The normalized spacial score (nSPS) is 11.3. The molecule has 0 bridgehead atoms. The average molecular weight is 343 g/mol. The topological polar surface area (TPSA) is 57.5 Å². The second-order valence-electron chi connectivity index (χ2n) is 6.82. The summed E-state index contributed by atoms with van der Waals surface area (Å²) in [5, 5.41) is 0. The van der Waals surface area contributed by atoms with E-state index in [4.69, 9.17) is 9.47 Å². The molecule has 134 valence electrons. The molecule has 0 aliphatic rings. The number of rotatable bonds is 3. The van der Waals surface area contributed by atoms with Crippen molar-refractivity contribution in [3.63, 3.8) is 0 Å². The van der Waals surface area contributed by atoms with Gasteiger partial charge in [-0.05, 0) is 47.1 Å². The summed E-state index contributed by atoms with van der Waals surface area (Å²) in [4.78, 5) is 25.2. The van der Waals surface area contributed by atoms with E-state index in [2.05, 4.69) is 0 Å². The van der Waals surface area contributed by atoms with E-state index in [0.717, 1.165) is 5.56 Å². The number of esters is 1. The fourth-order valence-corrected chi connectivity index (χ4v) is 2.83. The Morgan fingerprint density at radius 3 is 2.16 bits per heavy atom. The first-order chi connectivity index (χ1) is 11.7. The van der Waals surface area contributed by atoms with Crippen LogP contribution in [0.15, 0.2) is 30.3 Å². The van der Waals surface area contributed by atoms with Gasteiger partial charge in [-0.25, -0.2) is 9.59 Å². The van der Waals surface area contributed by atoms with E-state index in [1.807, 2.05) is 58.0 Å². The van der Waals surface area contributed by atoms with Gasteiger partial charge in [0.25, 0.3) is 0 Å². The molecule has 0 spiro atoms. The van der Waals surface area contributed by atoms with Crippen molar-refractivity contribution in [1.29, 1.82) is 0 Å². The van der Waals surface area contributed by atoms with Gasteiger partial charge in [0, 0.05) is 17.0 Å². The van der Waals surface area contributed by atoms with Crippen molar-refractivity contribution in [3.05, 3.63) is 47.3 Å². The lowest BCUT2D eigenvalue weighted by atomic mass is 10.0. The highest BCUT2D eigenvalue weighted by atomic mass is 16.6. The van der Waals surface area contributed by atoms with Crippen molar-refractivity contribution in [1.82, 2.24) is 4.57 Å². The van der Waals surface area contributed by atoms with E-state index in [1.165, 1.54) is 4.57 Å². The highest BCUT2D eigenvalue weighted by Crippen LogP contribution is 2.33. The van der Waals surface area contributed by atoms with Crippen molar-refractivity contribution in [3.8, 4) is 11.1 Å². The Morgan fingerprint density at radius 1 is 1.04 bits per heavy atom. The molecular weight excluding hydrogens is 318 g/mol. The van der Waals surface area contributed by atoms with Crippen molar-refractivity contribution in [2.45, 2.75) is 47.1 Å². The molecule has 5 nitrogen and oxygen atoms in total. The summed E-state index contributed by atoms with van der Waals surface area (Å²) < 4.78 is 12.2. The molecule has 0 aliphatic carbocycles. The molecule has 1 heterocycles. The van der Waals surface area contributed by atoms with E-state index in [9.17, 15) is 9.59 Å². The second kappa shape index (κ2) is 7.13. The van der Waals surface area contributed by atoms with Gasteiger partial charge in [-0.2, -0.15) is 0 Å². The fourth-order valence-electron chi connectivity index (χ4n) is 2.83. The van der Waals surface area contributed by atoms with Crippen LogP contribution in [0.25, 0.3) is 11.1 Å². The van der Waals surface area contributed by atoms with Crippen molar-refractivity contribution in [2.75, 3.05) is 6.61 Å². The summed E-state index contributed by atoms with van der Waals surface area (Å²) in [6.45, 7) is 11.0. The molecule has 0 saturated carbocycles. The monoisotopic (exact) mass is 343 g/mol. The highest BCUT2D eigenvalue weighted by molar-refractivity contribution is 6.01. The predicted molar refractivity (Wildman–Crippen MR) is 96.9 cm³/mol. The van der Waals surface area contributed by atoms with Gasteiger partial charge in [0.1, 0.15) is 5.60 Å². The molecule has 2 rings (SSSR count). The van der Waals surface area contributed by atoms with Crippen LogP contribution >= 0.6 is 0 Å². The standard InChI is InChI=1S/C20H25NO4/c1-7-24-18(22)17-14(3)21(19(23)25-20(4,5)6)13(2)16(17)15-11-9-8-10-12-15/h8-12H,7H2,1-6H3. The van der Waals surface area contributed by atoms with Crippen LogP contribution < -0.4 is 0 Å². The zero-order valence-electron chi connectivity index (χ0n) is 15.7. The number of nitrogens with zero attached hydrogens (tertiary/aromatic N) is 1. The average Bonchev–Trinajstić information content (AvgIpc) is 2.77. The lowest BCUT2D eigenvalue weighted by Gasteiger charge is -2.20. The van der Waals surface area contributed by atoms with Crippen LogP contribution in [0.4, 0.5) is 4.79 Å². The van der Waals surface area contributed by atoms with Gasteiger partial charge >= 0.3 is 12.1 Å². The Morgan fingerprint density at radius 2 is 1.64 bits per heavy atom. The first-order valence-corrected chi connectivity index (χ1v) is 8.35. The van der Waals surface area contributed by atoms with Crippen LogP contribution in [0.5, 0.6) is 0 Å². The molecule has 0 amide bonds. The minimum Gasteiger partial charge on any atom is -0.462 e. The van der Waals surface area contributed by atoms with Gasteiger partial charge in [0.15, 0.2) is 0 Å². The molecule has 25 heavy (non-hydrogen) atoms. The summed E-state index contributed by atoms with van der Waals surface area (Å²) in [7, 11) is 0. The maximum absolute atomic E-state index is 12.7. The molecule has 0 fully saturated rings. The van der Waals surface area contributed by atoms with E-state index in [0.29, 0.717) is 22.5 Å². The molecule has 0 radical (unpaired) electrons. The molecule has 1 aromatic carbocycles. The maximum Gasteiger partial charge on any atom is 0.418 e. The Hall–Kier alpha value is -2.56. The number of carbonyl (C=O) groups is 2. The van der Waals surface area contributed by atoms with Crippen molar-refractivity contribution >= 4 is 12.1 Å². The zero-order valence-corrected chi connectivity index (χ0v) is 15.7. The van der Waals surface area contributed by atoms with Crippen LogP contribution in [-0.2, 0) is 9.47 Å². The molecule has 0 unspecified atom stereocenters. The summed E-state index contributed by atoms with van der Waals surface area (Å²) >= 11 is 0. The van der Waals surface area contributed by atoms with Crippen LogP contribution in [0.2, 0.25) is 0 Å². The summed E-state index contributed by atoms with van der Waals surface area (Å²) in [6.07, 6.45) is -0.504. The zero-order chi connectivity index (χ0) is 18.8. The molecule has 5 heteroatoms. The van der Waals surface area contributed by atoms with Gasteiger partial charge < -0.3 is 9.47 Å². The molecular formula is C20H25NO4. The van der Waals surface area contributed by atoms with Crippen LogP contribution in [0.1, 0.15) is 49.4 Å². The summed E-state index contributed by atoms with van der Waals surface area (Å²) in [6, 6.07) is 9.50. The quantitative estimate of drug-likeness (QED) is 0.756.